The molecule has 0 aliphatic carbocycles. The van der Waals surface area contributed by atoms with Gasteiger partial charge in [0.2, 0.25) is 0 Å². The number of amides is 1. The average Bonchev–Trinajstić information content (AvgIpc) is 2.75. The SMILES string of the molecule is COc1ccc(NS(=O)(=O)c2cc(NC(=O)c3cccc(C#N)c3)ccc2C)cc1. The van der Waals surface area contributed by atoms with Gasteiger partial charge in [-0.3, -0.25) is 9.52 Å². The van der Waals surface area contributed by atoms with Crippen molar-refractivity contribution in [2.75, 3.05) is 17.1 Å². The van der Waals surface area contributed by atoms with Crippen molar-refractivity contribution in [2.24, 2.45) is 0 Å². The van der Waals surface area contributed by atoms with Crippen LogP contribution >= 0.6 is 0 Å². The molecule has 3 aromatic rings. The van der Waals surface area contributed by atoms with Crippen LogP contribution in [-0.2, 0) is 10.0 Å². The maximum absolute atomic E-state index is 12.9. The molecule has 0 heterocycles. The topological polar surface area (TPSA) is 108 Å². The van der Waals surface area contributed by atoms with Crippen LogP contribution in [0.1, 0.15) is 21.5 Å². The molecule has 0 atom stereocenters. The number of hydrogen-bond acceptors (Lipinski definition) is 5. The summed E-state index contributed by atoms with van der Waals surface area (Å²) in [5.41, 5.74) is 1.90. The van der Waals surface area contributed by atoms with Crippen molar-refractivity contribution in [1.29, 1.82) is 5.26 Å². The summed E-state index contributed by atoms with van der Waals surface area (Å²) < 4.78 is 33.3. The molecule has 1 amide bonds. The lowest BCUT2D eigenvalue weighted by molar-refractivity contribution is 0.102. The molecule has 0 spiro atoms. The molecule has 0 fully saturated rings. The molecule has 0 bridgehead atoms. The number of carbonyl (C=O) groups excluding carboxylic acids is 1. The van der Waals surface area contributed by atoms with Crippen molar-refractivity contribution in [3.05, 3.63) is 83.4 Å². The third kappa shape index (κ3) is 4.77. The largest absolute Gasteiger partial charge is 0.497 e. The lowest BCUT2D eigenvalue weighted by atomic mass is 10.1. The summed E-state index contributed by atoms with van der Waals surface area (Å²) in [7, 11) is -2.36. The van der Waals surface area contributed by atoms with Gasteiger partial charge in [0.05, 0.1) is 23.6 Å². The normalized spacial score (nSPS) is 10.7. The van der Waals surface area contributed by atoms with Crippen LogP contribution < -0.4 is 14.8 Å². The van der Waals surface area contributed by atoms with Crippen molar-refractivity contribution in [1.82, 2.24) is 0 Å². The second-order valence-corrected chi connectivity index (χ2v) is 8.11. The van der Waals surface area contributed by atoms with Gasteiger partial charge < -0.3 is 10.1 Å². The molecule has 7 nitrogen and oxygen atoms in total. The Morgan fingerprint density at radius 2 is 1.70 bits per heavy atom. The summed E-state index contributed by atoms with van der Waals surface area (Å²) in [4.78, 5) is 12.5. The van der Waals surface area contributed by atoms with E-state index in [0.29, 0.717) is 33.8 Å². The minimum atomic E-state index is -3.88. The minimum absolute atomic E-state index is 0.0434. The molecule has 2 N–H and O–H groups in total. The van der Waals surface area contributed by atoms with Crippen LogP contribution in [0, 0.1) is 18.3 Å². The number of benzene rings is 3. The van der Waals surface area contributed by atoms with Crippen molar-refractivity contribution >= 4 is 27.3 Å². The predicted octanol–water partition coefficient (Wildman–Crippen LogP) is 3.93. The van der Waals surface area contributed by atoms with E-state index in [0.717, 1.165) is 0 Å². The number of ether oxygens (including phenoxy) is 1. The number of aryl methyl sites for hydroxylation is 1. The summed E-state index contributed by atoms with van der Waals surface area (Å²) in [6, 6.07) is 19.3. The number of nitrogens with one attached hydrogen (secondary N) is 2. The van der Waals surface area contributed by atoms with Crippen molar-refractivity contribution in [3.63, 3.8) is 0 Å². The molecule has 0 aliphatic heterocycles. The van der Waals surface area contributed by atoms with Crippen LogP contribution in [0.2, 0.25) is 0 Å². The fourth-order valence-electron chi connectivity index (χ4n) is 2.77. The Hall–Kier alpha value is -3.83. The number of carbonyl (C=O) groups is 1. The average molecular weight is 421 g/mol. The van der Waals surface area contributed by atoms with Gasteiger partial charge in [0.1, 0.15) is 5.75 Å². The Morgan fingerprint density at radius 1 is 1.00 bits per heavy atom. The van der Waals surface area contributed by atoms with Crippen LogP contribution in [-0.4, -0.2) is 21.4 Å². The Bertz CT molecular complexity index is 1230. The van der Waals surface area contributed by atoms with Crippen molar-refractivity contribution in [2.45, 2.75) is 11.8 Å². The lowest BCUT2D eigenvalue weighted by Gasteiger charge is -2.13. The van der Waals surface area contributed by atoms with Crippen LogP contribution in [0.3, 0.4) is 0 Å². The highest BCUT2D eigenvalue weighted by molar-refractivity contribution is 7.92. The van der Waals surface area contributed by atoms with E-state index in [2.05, 4.69) is 10.0 Å². The van der Waals surface area contributed by atoms with Crippen LogP contribution in [0.5, 0.6) is 5.75 Å². The molecule has 0 unspecified atom stereocenters. The maximum Gasteiger partial charge on any atom is 0.262 e. The summed E-state index contributed by atoms with van der Waals surface area (Å²) in [5.74, 6) is 0.168. The third-order valence-corrected chi connectivity index (χ3v) is 5.85. The van der Waals surface area contributed by atoms with E-state index < -0.39 is 15.9 Å². The first kappa shape index (κ1) is 20.9. The molecule has 0 aromatic heterocycles. The van der Waals surface area contributed by atoms with E-state index in [-0.39, 0.29) is 4.90 Å². The number of nitrogens with zero attached hydrogens (tertiary/aromatic N) is 1. The molecule has 0 saturated heterocycles. The molecule has 3 aromatic carbocycles. The van der Waals surface area contributed by atoms with E-state index in [9.17, 15) is 13.2 Å². The first-order chi connectivity index (χ1) is 14.3. The van der Waals surface area contributed by atoms with Gasteiger partial charge in [0.15, 0.2) is 0 Å². The van der Waals surface area contributed by atoms with Gasteiger partial charge in [-0.2, -0.15) is 5.26 Å². The van der Waals surface area contributed by atoms with Gasteiger partial charge in [-0.05, 0) is 67.1 Å². The monoisotopic (exact) mass is 421 g/mol. The molecular formula is C22H19N3O4S. The van der Waals surface area contributed by atoms with E-state index >= 15 is 0 Å². The molecular weight excluding hydrogens is 402 g/mol. The fourth-order valence-corrected chi connectivity index (χ4v) is 4.10. The van der Waals surface area contributed by atoms with E-state index in [1.165, 1.54) is 19.2 Å². The standard InChI is InChI=1S/C22H19N3O4S/c1-15-6-7-19(24-22(26)17-5-3-4-16(12-17)14-23)13-21(15)30(27,28)25-18-8-10-20(29-2)11-9-18/h3-13,25H,1-2H3,(H,24,26). The molecule has 3 rings (SSSR count). The number of hydrogen-bond donors (Lipinski definition) is 2. The van der Waals surface area contributed by atoms with Crippen LogP contribution in [0.15, 0.2) is 71.6 Å². The first-order valence-electron chi connectivity index (χ1n) is 8.91. The van der Waals surface area contributed by atoms with E-state index in [1.54, 1.807) is 61.5 Å². The quantitative estimate of drug-likeness (QED) is 0.627. The van der Waals surface area contributed by atoms with Gasteiger partial charge >= 0.3 is 0 Å². The van der Waals surface area contributed by atoms with Crippen molar-refractivity contribution in [3.8, 4) is 11.8 Å². The molecule has 152 valence electrons. The molecule has 8 heteroatoms. The smallest absolute Gasteiger partial charge is 0.262 e. The highest BCUT2D eigenvalue weighted by atomic mass is 32.2. The van der Waals surface area contributed by atoms with Gasteiger partial charge in [0.25, 0.3) is 15.9 Å². The Morgan fingerprint density at radius 3 is 2.37 bits per heavy atom. The summed E-state index contributed by atoms with van der Waals surface area (Å²) in [6.45, 7) is 1.67. The number of anilines is 2. The molecule has 0 saturated carbocycles. The second kappa shape index (κ2) is 8.68. The zero-order valence-electron chi connectivity index (χ0n) is 16.3. The summed E-state index contributed by atoms with van der Waals surface area (Å²) in [5, 5.41) is 11.6. The predicted molar refractivity (Wildman–Crippen MR) is 114 cm³/mol. The zero-order chi connectivity index (χ0) is 21.7. The minimum Gasteiger partial charge on any atom is -0.497 e. The first-order valence-corrected chi connectivity index (χ1v) is 10.4. The summed E-state index contributed by atoms with van der Waals surface area (Å²) >= 11 is 0. The Labute approximate surface area is 175 Å². The van der Waals surface area contributed by atoms with Gasteiger partial charge in [-0.15, -0.1) is 0 Å². The highest BCUT2D eigenvalue weighted by Gasteiger charge is 2.18. The number of methoxy groups -OCH3 is 1. The second-order valence-electron chi connectivity index (χ2n) is 6.46. The Kier molecular flexibility index (Phi) is 6.04. The number of nitriles is 1. The van der Waals surface area contributed by atoms with Crippen LogP contribution in [0.4, 0.5) is 11.4 Å². The van der Waals surface area contributed by atoms with E-state index in [1.807, 2.05) is 6.07 Å². The maximum atomic E-state index is 12.9. The van der Waals surface area contributed by atoms with Gasteiger partial charge in [-0.25, -0.2) is 8.42 Å². The van der Waals surface area contributed by atoms with Crippen molar-refractivity contribution < 1.29 is 17.9 Å². The number of sulfonamides is 1. The number of rotatable bonds is 6. The fraction of sp³-hybridized carbons (Fsp3) is 0.0909. The zero-order valence-corrected chi connectivity index (χ0v) is 17.2. The van der Waals surface area contributed by atoms with Crippen LogP contribution in [0.25, 0.3) is 0 Å². The highest BCUT2D eigenvalue weighted by Crippen LogP contribution is 2.24. The third-order valence-electron chi connectivity index (χ3n) is 4.33. The molecule has 0 aliphatic rings. The summed E-state index contributed by atoms with van der Waals surface area (Å²) in [6.07, 6.45) is 0. The van der Waals surface area contributed by atoms with Gasteiger partial charge in [0, 0.05) is 16.9 Å². The van der Waals surface area contributed by atoms with Gasteiger partial charge in [-0.1, -0.05) is 12.1 Å². The van der Waals surface area contributed by atoms with E-state index in [4.69, 9.17) is 10.00 Å². The molecule has 30 heavy (non-hydrogen) atoms. The Balaban J connectivity index is 1.84. The molecule has 0 radical (unpaired) electrons. The lowest BCUT2D eigenvalue weighted by Crippen LogP contribution is -2.16.